The third-order valence-corrected chi connectivity index (χ3v) is 3.02. The van der Waals surface area contributed by atoms with Gasteiger partial charge in [0.05, 0.1) is 18.7 Å². The molecule has 0 spiro atoms. The average molecular weight is 272 g/mol. The van der Waals surface area contributed by atoms with E-state index in [-0.39, 0.29) is 11.9 Å². The molecule has 1 atom stereocenters. The second-order valence-electron chi connectivity index (χ2n) is 4.38. The molecule has 0 saturated heterocycles. The van der Waals surface area contributed by atoms with Gasteiger partial charge in [0.1, 0.15) is 5.75 Å². The zero-order valence-electron chi connectivity index (χ0n) is 11.4. The van der Waals surface area contributed by atoms with E-state index in [1.54, 1.807) is 7.11 Å². The van der Waals surface area contributed by atoms with Gasteiger partial charge in [0.15, 0.2) is 12.4 Å². The van der Waals surface area contributed by atoms with Crippen LogP contribution in [-0.2, 0) is 0 Å². The zero-order valence-corrected chi connectivity index (χ0v) is 11.4. The number of aromatic nitrogens is 1. The van der Waals surface area contributed by atoms with Crippen molar-refractivity contribution in [2.45, 2.75) is 13.0 Å². The number of carbonyl (C=O) groups is 1. The number of nitrogens with zero attached hydrogens (tertiary/aromatic N) is 1. The maximum absolute atomic E-state index is 12.1. The molecule has 5 heteroatoms. The molecule has 2 rings (SSSR count). The summed E-state index contributed by atoms with van der Waals surface area (Å²) in [6.07, 6.45) is 2.59. The van der Waals surface area contributed by atoms with Gasteiger partial charge in [-0.2, -0.15) is 4.73 Å². The van der Waals surface area contributed by atoms with Crippen LogP contribution in [0, 0.1) is 5.21 Å². The van der Waals surface area contributed by atoms with Crippen LogP contribution in [0.25, 0.3) is 0 Å². The van der Waals surface area contributed by atoms with E-state index in [0.29, 0.717) is 10.3 Å². The lowest BCUT2D eigenvalue weighted by Crippen LogP contribution is -2.29. The summed E-state index contributed by atoms with van der Waals surface area (Å²) >= 11 is 0. The Morgan fingerprint density at radius 2 is 1.90 bits per heavy atom. The molecule has 0 saturated carbocycles. The normalized spacial score (nSPS) is 11.7. The van der Waals surface area contributed by atoms with Gasteiger partial charge in [0.25, 0.3) is 5.91 Å². The fourth-order valence-corrected chi connectivity index (χ4v) is 1.95. The molecular formula is C15H16N2O3. The topological polar surface area (TPSA) is 65.3 Å². The minimum absolute atomic E-state index is 0.196. The van der Waals surface area contributed by atoms with Gasteiger partial charge in [-0.3, -0.25) is 4.79 Å². The van der Waals surface area contributed by atoms with Crippen LogP contribution >= 0.6 is 0 Å². The van der Waals surface area contributed by atoms with Crippen molar-refractivity contribution in [2.24, 2.45) is 0 Å². The molecule has 1 aromatic heterocycles. The Kier molecular flexibility index (Phi) is 4.20. The third kappa shape index (κ3) is 3.06. The van der Waals surface area contributed by atoms with Crippen LogP contribution in [0.4, 0.5) is 0 Å². The van der Waals surface area contributed by atoms with Crippen LogP contribution in [0.5, 0.6) is 5.75 Å². The Labute approximate surface area is 117 Å². The fourth-order valence-electron chi connectivity index (χ4n) is 1.95. The molecule has 0 bridgehead atoms. The lowest BCUT2D eigenvalue weighted by Gasteiger charge is -2.17. The number of hydrogen-bond donors (Lipinski definition) is 1. The number of ether oxygens (including phenoxy) is 1. The number of nitrogens with one attached hydrogen (secondary N) is 1. The van der Waals surface area contributed by atoms with Crippen molar-refractivity contribution in [2.75, 3.05) is 7.11 Å². The van der Waals surface area contributed by atoms with Gasteiger partial charge in [-0.25, -0.2) is 0 Å². The molecule has 1 N–H and O–H groups in total. The Morgan fingerprint density at radius 3 is 2.55 bits per heavy atom. The molecule has 0 fully saturated rings. The van der Waals surface area contributed by atoms with E-state index in [9.17, 15) is 10.0 Å². The number of rotatable bonds is 4. The van der Waals surface area contributed by atoms with E-state index in [1.165, 1.54) is 24.5 Å². The highest BCUT2D eigenvalue weighted by Gasteiger charge is 2.15. The molecule has 0 aliphatic rings. The first kappa shape index (κ1) is 13.9. The predicted molar refractivity (Wildman–Crippen MR) is 74.3 cm³/mol. The van der Waals surface area contributed by atoms with E-state index < -0.39 is 0 Å². The molecular weight excluding hydrogens is 256 g/mol. The summed E-state index contributed by atoms with van der Waals surface area (Å²) in [5, 5.41) is 13.8. The second-order valence-corrected chi connectivity index (χ2v) is 4.38. The van der Waals surface area contributed by atoms with Gasteiger partial charge in [-0.1, -0.05) is 18.2 Å². The predicted octanol–water partition coefficient (Wildman–Crippen LogP) is 1.82. The lowest BCUT2D eigenvalue weighted by atomic mass is 10.1. The highest BCUT2D eigenvalue weighted by molar-refractivity contribution is 5.94. The lowest BCUT2D eigenvalue weighted by molar-refractivity contribution is -0.605. The molecule has 0 radical (unpaired) electrons. The summed E-state index contributed by atoms with van der Waals surface area (Å²) in [5.41, 5.74) is 1.34. The summed E-state index contributed by atoms with van der Waals surface area (Å²) in [7, 11) is 1.59. The number of hydrogen-bond acceptors (Lipinski definition) is 3. The maximum atomic E-state index is 12.1. The van der Waals surface area contributed by atoms with Crippen molar-refractivity contribution in [1.82, 2.24) is 5.32 Å². The van der Waals surface area contributed by atoms with E-state index in [1.807, 2.05) is 31.2 Å². The van der Waals surface area contributed by atoms with Crippen LogP contribution < -0.4 is 14.8 Å². The first-order valence-electron chi connectivity index (χ1n) is 6.24. The first-order valence-corrected chi connectivity index (χ1v) is 6.24. The Morgan fingerprint density at radius 1 is 1.25 bits per heavy atom. The van der Waals surface area contributed by atoms with Gasteiger partial charge >= 0.3 is 0 Å². The summed E-state index contributed by atoms with van der Waals surface area (Å²) in [6.45, 7) is 1.88. The van der Waals surface area contributed by atoms with Crippen molar-refractivity contribution < 1.29 is 14.3 Å². The van der Waals surface area contributed by atoms with Crippen LogP contribution in [0.3, 0.4) is 0 Å². The van der Waals surface area contributed by atoms with Crippen molar-refractivity contribution in [3.05, 3.63) is 65.1 Å². The van der Waals surface area contributed by atoms with Gasteiger partial charge in [-0.05, 0) is 13.0 Å². The maximum Gasteiger partial charge on any atom is 0.252 e. The van der Waals surface area contributed by atoms with Crippen LogP contribution in [0.15, 0.2) is 48.8 Å². The van der Waals surface area contributed by atoms with Crippen molar-refractivity contribution >= 4 is 5.91 Å². The van der Waals surface area contributed by atoms with E-state index >= 15 is 0 Å². The van der Waals surface area contributed by atoms with Crippen LogP contribution in [-0.4, -0.2) is 13.0 Å². The summed E-state index contributed by atoms with van der Waals surface area (Å²) in [5.74, 6) is 0.495. The summed E-state index contributed by atoms with van der Waals surface area (Å²) in [6, 6.07) is 10.3. The number of pyridine rings is 1. The second kappa shape index (κ2) is 6.06. The zero-order chi connectivity index (χ0) is 14.5. The monoisotopic (exact) mass is 272 g/mol. The molecule has 5 nitrogen and oxygen atoms in total. The summed E-state index contributed by atoms with van der Waals surface area (Å²) in [4.78, 5) is 12.1. The van der Waals surface area contributed by atoms with Crippen molar-refractivity contribution in [3.63, 3.8) is 0 Å². The Hall–Kier alpha value is -2.56. The van der Waals surface area contributed by atoms with E-state index in [4.69, 9.17) is 4.74 Å². The highest BCUT2D eigenvalue weighted by atomic mass is 16.5. The SMILES string of the molecule is COc1ccccc1C(C)NC(=O)c1cc[n+]([O-])cc1. The number of carbonyl (C=O) groups excluding carboxylic acids is 1. The van der Waals surface area contributed by atoms with Crippen molar-refractivity contribution in [3.8, 4) is 5.75 Å². The van der Waals surface area contributed by atoms with Gasteiger partial charge in [0, 0.05) is 17.7 Å². The molecule has 0 aliphatic heterocycles. The minimum atomic E-state index is -0.232. The number of amides is 1. The molecule has 20 heavy (non-hydrogen) atoms. The molecule has 0 aliphatic carbocycles. The number of benzene rings is 1. The largest absolute Gasteiger partial charge is 0.619 e. The minimum Gasteiger partial charge on any atom is -0.619 e. The average Bonchev–Trinajstić information content (AvgIpc) is 2.47. The van der Waals surface area contributed by atoms with Gasteiger partial charge < -0.3 is 15.3 Å². The molecule has 104 valence electrons. The molecule has 1 aromatic carbocycles. The van der Waals surface area contributed by atoms with Gasteiger partial charge in [0.2, 0.25) is 0 Å². The molecule has 1 amide bonds. The molecule has 1 unspecified atom stereocenters. The molecule has 1 heterocycles. The van der Waals surface area contributed by atoms with Gasteiger partial charge in [-0.15, -0.1) is 0 Å². The quantitative estimate of drug-likeness (QED) is 0.682. The first-order chi connectivity index (χ1) is 9.61. The number of para-hydroxylation sites is 1. The van der Waals surface area contributed by atoms with E-state index in [2.05, 4.69) is 5.32 Å². The molecule has 2 aromatic rings. The smallest absolute Gasteiger partial charge is 0.252 e. The van der Waals surface area contributed by atoms with Crippen LogP contribution in [0.2, 0.25) is 0 Å². The fraction of sp³-hybridized carbons (Fsp3) is 0.200. The van der Waals surface area contributed by atoms with Crippen molar-refractivity contribution in [1.29, 1.82) is 0 Å². The Balaban J connectivity index is 2.13. The van der Waals surface area contributed by atoms with Crippen LogP contribution in [0.1, 0.15) is 28.9 Å². The standard InChI is InChI=1S/C15H16N2O3/c1-11(13-5-3-4-6-14(13)20-2)16-15(18)12-7-9-17(19)10-8-12/h3-11H,1-2H3,(H,16,18). The summed E-state index contributed by atoms with van der Waals surface area (Å²) < 4.78 is 5.91. The van der Waals surface area contributed by atoms with E-state index in [0.717, 1.165) is 11.3 Å². The highest BCUT2D eigenvalue weighted by Crippen LogP contribution is 2.24. The third-order valence-electron chi connectivity index (χ3n) is 3.02. The number of methoxy groups -OCH3 is 1. The Bertz CT molecular complexity index is 596.